The van der Waals surface area contributed by atoms with Gasteiger partial charge < -0.3 is 8.83 Å². The van der Waals surface area contributed by atoms with Crippen molar-refractivity contribution in [1.29, 1.82) is 0 Å². The lowest BCUT2D eigenvalue weighted by atomic mass is 9.91. The first-order chi connectivity index (χ1) is 29.5. The minimum atomic E-state index is 0.910. The largest absolute Gasteiger partial charge is 0.456 e. The van der Waals surface area contributed by atoms with Crippen molar-refractivity contribution in [3.63, 3.8) is 0 Å². The van der Waals surface area contributed by atoms with Gasteiger partial charge in [0.2, 0.25) is 0 Å². The molecule has 0 saturated heterocycles. The molecule has 2 nitrogen and oxygen atoms in total. The van der Waals surface area contributed by atoms with E-state index >= 15 is 0 Å². The van der Waals surface area contributed by atoms with Gasteiger partial charge in [-0.05, 0) is 155 Å². The van der Waals surface area contributed by atoms with E-state index in [4.69, 9.17) is 8.83 Å². The van der Waals surface area contributed by atoms with Gasteiger partial charge in [0, 0.05) is 30.5 Å². The maximum atomic E-state index is 6.24. The fourth-order valence-corrected chi connectivity index (χ4v) is 9.86. The van der Waals surface area contributed by atoms with Crippen LogP contribution in [0.1, 0.15) is 0 Å². The molecule has 0 spiro atoms. The van der Waals surface area contributed by atoms with Crippen molar-refractivity contribution < 1.29 is 8.83 Å². The summed E-state index contributed by atoms with van der Waals surface area (Å²) in [4.78, 5) is 0. The molecular weight excluding hydrogens is 864 g/mol. The van der Waals surface area contributed by atoms with Crippen LogP contribution in [-0.4, -0.2) is 0 Å². The number of hydrogen-bond acceptors (Lipinski definition) is 2. The molecule has 13 aromatic rings. The van der Waals surface area contributed by atoms with Crippen molar-refractivity contribution in [2.45, 2.75) is 0 Å². The van der Waals surface area contributed by atoms with Crippen LogP contribution < -0.4 is 0 Å². The molecule has 0 atom stereocenters. The van der Waals surface area contributed by atoms with Gasteiger partial charge in [-0.2, -0.15) is 0 Å². The fourth-order valence-electron chi connectivity index (χ4n) is 9.14. The van der Waals surface area contributed by atoms with E-state index in [1.807, 2.05) is 24.3 Å². The smallest absolute Gasteiger partial charge is 0.136 e. The van der Waals surface area contributed by atoms with E-state index in [2.05, 4.69) is 202 Å². The van der Waals surface area contributed by atoms with Crippen molar-refractivity contribution >= 4 is 130 Å². The first-order valence-electron chi connectivity index (χ1n) is 20.0. The average molecular weight is 897 g/mol. The highest BCUT2D eigenvalue weighted by Gasteiger charge is 2.16. The molecule has 0 radical (unpaired) electrons. The molecule has 0 unspecified atom stereocenters. The first-order valence-corrected chi connectivity index (χ1v) is 21.6. The summed E-state index contributed by atoms with van der Waals surface area (Å²) in [7, 11) is 0. The highest BCUT2D eigenvalue weighted by atomic mass is 79.9. The molecule has 0 bridgehead atoms. The van der Waals surface area contributed by atoms with Crippen molar-refractivity contribution in [3.05, 3.63) is 203 Å². The van der Waals surface area contributed by atoms with Crippen LogP contribution in [0.5, 0.6) is 0 Å². The molecule has 2 aromatic heterocycles. The maximum Gasteiger partial charge on any atom is 0.136 e. The summed E-state index contributed by atoms with van der Waals surface area (Å²) in [6.45, 7) is 0. The highest BCUT2D eigenvalue weighted by Crippen LogP contribution is 2.42. The molecule has 0 aliphatic carbocycles. The Morgan fingerprint density at radius 1 is 0.250 bits per heavy atom. The third kappa shape index (κ3) is 5.82. The molecule has 0 aliphatic heterocycles. The zero-order valence-corrected chi connectivity index (χ0v) is 35.2. The van der Waals surface area contributed by atoms with Crippen LogP contribution in [0.25, 0.3) is 120 Å². The number of hydrogen-bond donors (Lipinski definition) is 0. The standard InChI is InChI=1S/C28H15BrO.C28H17BrO/c29-18-9-10-27-25(13-18)26-14-23-20-8-4-3-7-19(20)21-11-16-5-1-2-6-17(16)12-22(21)24(23)15-28(26)30-27;29-22-12-14-28-26(17-22)25-16-21(11-13-27(25)30-28)24-8-4-3-7-23(24)20-10-9-18-5-1-2-6-19(18)15-20/h1-15H;1-17H. The highest BCUT2D eigenvalue weighted by molar-refractivity contribution is 9.10. The second-order valence-electron chi connectivity index (χ2n) is 15.5. The zero-order chi connectivity index (χ0) is 39.9. The number of rotatable bonds is 2. The summed E-state index contributed by atoms with van der Waals surface area (Å²) in [5.74, 6) is 0. The fraction of sp³-hybridized carbons (Fsp3) is 0. The van der Waals surface area contributed by atoms with Crippen LogP contribution in [0.15, 0.2) is 212 Å². The van der Waals surface area contributed by atoms with Crippen molar-refractivity contribution in [1.82, 2.24) is 0 Å². The molecule has 0 N–H and O–H groups in total. The van der Waals surface area contributed by atoms with E-state index in [-0.39, 0.29) is 0 Å². The van der Waals surface area contributed by atoms with Gasteiger partial charge in [-0.1, -0.05) is 147 Å². The Balaban J connectivity index is 0.000000129. The Bertz CT molecular complexity index is 3870. The summed E-state index contributed by atoms with van der Waals surface area (Å²) in [6, 6.07) is 69.1. The molecule has 0 amide bonds. The van der Waals surface area contributed by atoms with E-state index in [1.165, 1.54) is 76.1 Å². The lowest BCUT2D eigenvalue weighted by molar-refractivity contribution is 0.668. The predicted molar refractivity (Wildman–Crippen MR) is 261 cm³/mol. The van der Waals surface area contributed by atoms with Crippen LogP contribution in [0.3, 0.4) is 0 Å². The Hall–Kier alpha value is -6.72. The van der Waals surface area contributed by atoms with Crippen LogP contribution in [0, 0.1) is 0 Å². The predicted octanol–water partition coefficient (Wildman–Crippen LogP) is 17.8. The van der Waals surface area contributed by atoms with E-state index in [1.54, 1.807) is 0 Å². The number of furan rings is 2. The zero-order valence-electron chi connectivity index (χ0n) is 32.0. The second-order valence-corrected chi connectivity index (χ2v) is 17.3. The summed E-state index contributed by atoms with van der Waals surface area (Å²) >= 11 is 7.19. The molecule has 282 valence electrons. The van der Waals surface area contributed by atoms with Crippen LogP contribution in [-0.2, 0) is 0 Å². The number of fused-ring (bicyclic) bond motifs is 14. The van der Waals surface area contributed by atoms with Gasteiger partial charge in [-0.25, -0.2) is 0 Å². The van der Waals surface area contributed by atoms with E-state index < -0.39 is 0 Å². The summed E-state index contributed by atoms with van der Waals surface area (Å²) in [5, 5.41) is 17.2. The first kappa shape index (κ1) is 35.2. The molecule has 0 saturated carbocycles. The van der Waals surface area contributed by atoms with Gasteiger partial charge >= 0.3 is 0 Å². The summed E-state index contributed by atoms with van der Waals surface area (Å²) in [6.07, 6.45) is 0. The summed E-state index contributed by atoms with van der Waals surface area (Å²) in [5.41, 5.74) is 8.54. The lowest BCUT2D eigenvalue weighted by Crippen LogP contribution is -1.85. The van der Waals surface area contributed by atoms with Gasteiger partial charge in [0.25, 0.3) is 0 Å². The van der Waals surface area contributed by atoms with Gasteiger partial charge in [-0.3, -0.25) is 0 Å². The Morgan fingerprint density at radius 3 is 1.30 bits per heavy atom. The molecule has 11 aromatic carbocycles. The third-order valence-corrected chi connectivity index (χ3v) is 13.0. The molecule has 13 rings (SSSR count). The minimum absolute atomic E-state index is 0.910. The normalized spacial score (nSPS) is 11.8. The molecular formula is C56H32Br2O2. The monoisotopic (exact) mass is 894 g/mol. The van der Waals surface area contributed by atoms with Crippen LogP contribution in [0.4, 0.5) is 0 Å². The quantitative estimate of drug-likeness (QED) is 0.128. The van der Waals surface area contributed by atoms with E-state index in [0.29, 0.717) is 0 Å². The Kier molecular flexibility index (Phi) is 8.19. The van der Waals surface area contributed by atoms with Crippen molar-refractivity contribution in [2.24, 2.45) is 0 Å². The van der Waals surface area contributed by atoms with E-state index in [0.717, 1.165) is 52.8 Å². The molecule has 60 heavy (non-hydrogen) atoms. The number of benzene rings is 11. The Labute approximate surface area is 361 Å². The van der Waals surface area contributed by atoms with Crippen LogP contribution >= 0.6 is 31.9 Å². The maximum absolute atomic E-state index is 6.24. The van der Waals surface area contributed by atoms with Gasteiger partial charge in [0.05, 0.1) is 0 Å². The lowest BCUT2D eigenvalue weighted by Gasteiger charge is -2.12. The van der Waals surface area contributed by atoms with Crippen molar-refractivity contribution in [2.75, 3.05) is 0 Å². The van der Waals surface area contributed by atoms with Gasteiger partial charge in [0.1, 0.15) is 22.3 Å². The molecule has 2 heterocycles. The molecule has 0 fully saturated rings. The van der Waals surface area contributed by atoms with E-state index in [9.17, 15) is 0 Å². The van der Waals surface area contributed by atoms with Crippen LogP contribution in [0.2, 0.25) is 0 Å². The summed E-state index contributed by atoms with van der Waals surface area (Å²) < 4.78 is 14.4. The molecule has 0 aliphatic rings. The Morgan fingerprint density at radius 2 is 0.667 bits per heavy atom. The molecule has 4 heteroatoms. The van der Waals surface area contributed by atoms with Gasteiger partial charge in [0.15, 0.2) is 0 Å². The second kappa shape index (κ2) is 13.9. The number of halogens is 2. The van der Waals surface area contributed by atoms with Gasteiger partial charge in [-0.15, -0.1) is 0 Å². The van der Waals surface area contributed by atoms with Crippen molar-refractivity contribution in [3.8, 4) is 22.3 Å². The third-order valence-electron chi connectivity index (χ3n) is 12.0. The topological polar surface area (TPSA) is 26.3 Å². The minimum Gasteiger partial charge on any atom is -0.456 e. The average Bonchev–Trinajstić information content (AvgIpc) is 3.84. The SMILES string of the molecule is Brc1ccc2oc3cc4c5cc6ccccc6cc5c5ccccc5c4cc3c2c1.Brc1ccc2oc3ccc(-c4ccccc4-c4ccc5ccccc5c4)cc3c2c1.